The van der Waals surface area contributed by atoms with E-state index in [4.69, 9.17) is 0 Å². The van der Waals surface area contributed by atoms with Crippen LogP contribution in [0.15, 0.2) is 18.2 Å². The van der Waals surface area contributed by atoms with Crippen molar-refractivity contribution < 1.29 is 24.1 Å². The van der Waals surface area contributed by atoms with E-state index in [9.17, 15) is 19.5 Å². The van der Waals surface area contributed by atoms with Gasteiger partial charge in [0.15, 0.2) is 13.1 Å². The summed E-state index contributed by atoms with van der Waals surface area (Å²) in [6, 6.07) is 6.30. The molecule has 3 aliphatic rings. The highest BCUT2D eigenvalue weighted by molar-refractivity contribution is 6.02. The quantitative estimate of drug-likeness (QED) is 0.526. The maximum absolute atomic E-state index is 12.4. The van der Waals surface area contributed by atoms with Crippen LogP contribution in [0.4, 0.5) is 5.69 Å². The van der Waals surface area contributed by atoms with Crippen LogP contribution in [-0.4, -0.2) is 69.6 Å². The van der Waals surface area contributed by atoms with Gasteiger partial charge in [0.1, 0.15) is 6.21 Å². The summed E-state index contributed by atoms with van der Waals surface area (Å²) in [5, 5.41) is 17.2. The molecule has 2 aliphatic heterocycles. The number of aryl methyl sites for hydroxylation is 1. The number of amides is 2. The van der Waals surface area contributed by atoms with Crippen molar-refractivity contribution in [3.8, 4) is 0 Å². The van der Waals surface area contributed by atoms with Crippen molar-refractivity contribution in [3.05, 3.63) is 23.9 Å². The number of anilines is 1. The number of hydrogen-bond acceptors (Lipinski definition) is 5. The van der Waals surface area contributed by atoms with Gasteiger partial charge >= 0.3 is 5.97 Å². The van der Waals surface area contributed by atoms with E-state index in [1.165, 1.54) is 0 Å². The molecule has 1 unspecified atom stereocenters. The Hall–Kier alpha value is -3.23. The van der Waals surface area contributed by atoms with Crippen LogP contribution in [0.2, 0.25) is 0 Å². The number of carboxylic acids is 1. The van der Waals surface area contributed by atoms with Crippen molar-refractivity contribution in [1.82, 2.24) is 15.1 Å². The van der Waals surface area contributed by atoms with Crippen molar-refractivity contribution in [2.24, 2.45) is 18.9 Å². The minimum atomic E-state index is -0.651. The molecular formula is C25H32N5O4+. The molecule has 0 spiro atoms. The highest BCUT2D eigenvalue weighted by Gasteiger charge is 2.32. The average Bonchev–Trinajstić information content (AvgIpc) is 3.15. The van der Waals surface area contributed by atoms with E-state index in [0.717, 1.165) is 74.1 Å². The van der Waals surface area contributed by atoms with Crippen LogP contribution < -0.4 is 10.2 Å². The molecule has 1 aliphatic carbocycles. The first-order valence-corrected chi connectivity index (χ1v) is 12.3. The maximum atomic E-state index is 12.4. The van der Waals surface area contributed by atoms with Crippen molar-refractivity contribution in [3.63, 3.8) is 0 Å². The summed E-state index contributed by atoms with van der Waals surface area (Å²) in [6.07, 6.45) is 6.66. The van der Waals surface area contributed by atoms with Gasteiger partial charge in [0, 0.05) is 30.5 Å². The van der Waals surface area contributed by atoms with Gasteiger partial charge in [-0.25, -0.2) is 4.58 Å². The van der Waals surface area contributed by atoms with E-state index in [2.05, 4.69) is 44.3 Å². The van der Waals surface area contributed by atoms with E-state index in [1.54, 1.807) is 0 Å². The van der Waals surface area contributed by atoms with Crippen molar-refractivity contribution in [1.29, 1.82) is 0 Å². The number of carboxylic acid groups (broad SMARTS) is 1. The molecule has 9 nitrogen and oxygen atoms in total. The van der Waals surface area contributed by atoms with Crippen LogP contribution in [0.1, 0.15) is 50.1 Å². The number of nitrogens with one attached hydrogen (secondary N) is 1. The molecule has 3 heterocycles. The Labute approximate surface area is 198 Å². The van der Waals surface area contributed by atoms with Crippen LogP contribution in [0.3, 0.4) is 0 Å². The first kappa shape index (κ1) is 22.6. The number of nitrogens with zero attached hydrogens (tertiary/aromatic N) is 4. The van der Waals surface area contributed by atoms with Gasteiger partial charge < -0.3 is 10.0 Å². The van der Waals surface area contributed by atoms with Crippen LogP contribution >= 0.6 is 0 Å². The monoisotopic (exact) mass is 466 g/mol. The number of imide groups is 1. The molecule has 9 heteroatoms. The predicted molar refractivity (Wildman–Crippen MR) is 127 cm³/mol. The number of aromatic nitrogens is 2. The molecule has 2 aromatic rings. The molecule has 2 saturated heterocycles. The third-order valence-electron chi connectivity index (χ3n) is 7.66. The van der Waals surface area contributed by atoms with Gasteiger partial charge in [-0.15, -0.1) is 0 Å². The third kappa shape index (κ3) is 4.43. The number of carbonyl (C=O) groups excluding carboxylic acids is 2. The Morgan fingerprint density at radius 3 is 2.56 bits per heavy atom. The van der Waals surface area contributed by atoms with E-state index in [-0.39, 0.29) is 17.7 Å². The van der Waals surface area contributed by atoms with Crippen molar-refractivity contribution in [2.75, 3.05) is 31.1 Å². The van der Waals surface area contributed by atoms with Gasteiger partial charge in [-0.05, 0) is 50.3 Å². The number of piperazine rings is 1. The van der Waals surface area contributed by atoms with Gasteiger partial charge in [0.2, 0.25) is 11.8 Å². The lowest BCUT2D eigenvalue weighted by Gasteiger charge is -2.28. The van der Waals surface area contributed by atoms with Crippen LogP contribution in [0.25, 0.3) is 10.9 Å². The molecule has 0 radical (unpaired) electrons. The third-order valence-corrected chi connectivity index (χ3v) is 7.66. The fraction of sp³-hybridized carbons (Fsp3) is 0.560. The molecule has 1 aromatic heterocycles. The number of rotatable bonds is 4. The second kappa shape index (κ2) is 9.19. The summed E-state index contributed by atoms with van der Waals surface area (Å²) in [4.78, 5) is 37.4. The van der Waals surface area contributed by atoms with Crippen molar-refractivity contribution >= 4 is 40.6 Å². The summed E-state index contributed by atoms with van der Waals surface area (Å²) >= 11 is 0. The molecule has 5 rings (SSSR count). The number of piperidine rings is 1. The Balaban J connectivity index is 1.25. The lowest BCUT2D eigenvalue weighted by atomic mass is 9.82. The highest BCUT2D eigenvalue weighted by Crippen LogP contribution is 2.32. The molecule has 34 heavy (non-hydrogen) atoms. The first-order valence-electron chi connectivity index (χ1n) is 12.3. The topological polar surface area (TPSA) is 108 Å². The number of benzene rings is 1. The Bertz CT molecular complexity index is 1150. The zero-order chi connectivity index (χ0) is 23.8. The standard InChI is InChI=1S/C25H31N5O4/c1-28-21-14-18(6-7-19(21)23(27-28)20-8-9-22(31)26-24(20)32)30-12-10-29(11-13-30)15-16-2-4-17(5-3-16)25(33)34/h6-7,14-17,20H,2-5,8-13H2,1H3,(H-,26,31,32,33,34)/p+1. The molecule has 1 aromatic carbocycles. The fourth-order valence-electron chi connectivity index (χ4n) is 5.62. The lowest BCUT2D eigenvalue weighted by Crippen LogP contribution is -2.43. The number of aliphatic carboxylic acids is 1. The van der Waals surface area contributed by atoms with Crippen LogP contribution in [0, 0.1) is 11.8 Å². The molecule has 0 bridgehead atoms. The van der Waals surface area contributed by atoms with E-state index in [1.807, 2.05) is 11.7 Å². The number of fused-ring (bicyclic) bond motifs is 1. The van der Waals surface area contributed by atoms with Gasteiger partial charge in [-0.3, -0.25) is 24.4 Å². The zero-order valence-corrected chi connectivity index (χ0v) is 19.6. The minimum Gasteiger partial charge on any atom is -0.481 e. The smallest absolute Gasteiger partial charge is 0.306 e. The molecule has 2 N–H and O–H groups in total. The second-order valence-electron chi connectivity index (χ2n) is 9.84. The number of carbonyl (C=O) groups is 3. The largest absolute Gasteiger partial charge is 0.481 e. The normalized spacial score (nSPS) is 26.0. The SMILES string of the molecule is Cn1nc(C2CCC(=O)NC2=O)c2ccc(N3CC[N+](=CC4CCC(C(=O)O)CC4)CC3)cc21. The Morgan fingerprint density at radius 1 is 1.15 bits per heavy atom. The fourth-order valence-corrected chi connectivity index (χ4v) is 5.62. The first-order chi connectivity index (χ1) is 16.4. The van der Waals surface area contributed by atoms with Crippen molar-refractivity contribution in [2.45, 2.75) is 44.4 Å². The summed E-state index contributed by atoms with van der Waals surface area (Å²) in [6.45, 7) is 3.74. The molecule has 3 fully saturated rings. The summed E-state index contributed by atoms with van der Waals surface area (Å²) in [7, 11) is 1.90. The highest BCUT2D eigenvalue weighted by atomic mass is 16.4. The Kier molecular flexibility index (Phi) is 6.10. The molecule has 1 saturated carbocycles. The van der Waals surface area contributed by atoms with Gasteiger partial charge in [0.25, 0.3) is 0 Å². The van der Waals surface area contributed by atoms with E-state index in [0.29, 0.717) is 18.8 Å². The number of hydrogen-bond donors (Lipinski definition) is 2. The van der Waals surface area contributed by atoms with Gasteiger partial charge in [0.05, 0.1) is 36.1 Å². The Morgan fingerprint density at radius 2 is 1.88 bits per heavy atom. The predicted octanol–water partition coefficient (Wildman–Crippen LogP) is 1.89. The average molecular weight is 467 g/mol. The summed E-state index contributed by atoms with van der Waals surface area (Å²) < 4.78 is 4.22. The minimum absolute atomic E-state index is 0.168. The summed E-state index contributed by atoms with van der Waals surface area (Å²) in [5.74, 6) is -1.20. The van der Waals surface area contributed by atoms with Crippen LogP contribution in [0.5, 0.6) is 0 Å². The van der Waals surface area contributed by atoms with E-state index >= 15 is 0 Å². The maximum Gasteiger partial charge on any atom is 0.306 e. The lowest BCUT2D eigenvalue weighted by molar-refractivity contribution is -0.527. The zero-order valence-electron chi connectivity index (χ0n) is 19.6. The molecule has 2 amide bonds. The molecular weight excluding hydrogens is 434 g/mol. The molecule has 180 valence electrons. The van der Waals surface area contributed by atoms with Gasteiger partial charge in [-0.1, -0.05) is 0 Å². The van der Waals surface area contributed by atoms with E-state index < -0.39 is 11.9 Å². The van der Waals surface area contributed by atoms with Gasteiger partial charge in [-0.2, -0.15) is 5.10 Å². The summed E-state index contributed by atoms with van der Waals surface area (Å²) in [5.41, 5.74) is 2.87. The molecule has 1 atom stereocenters. The van der Waals surface area contributed by atoms with Crippen LogP contribution in [-0.2, 0) is 21.4 Å². The second-order valence-corrected chi connectivity index (χ2v) is 9.84.